The number of likely N-dealkylation sites (tertiary alicyclic amines) is 1. The van der Waals surface area contributed by atoms with Crippen LogP contribution >= 0.6 is 0 Å². The van der Waals surface area contributed by atoms with Gasteiger partial charge in [-0.1, -0.05) is 0 Å². The van der Waals surface area contributed by atoms with Crippen molar-refractivity contribution in [3.8, 4) is 0 Å². The molecule has 128 valence electrons. The summed E-state index contributed by atoms with van der Waals surface area (Å²) in [5, 5.41) is 0. The van der Waals surface area contributed by atoms with E-state index in [1.165, 1.54) is 0 Å². The van der Waals surface area contributed by atoms with Crippen LogP contribution in [0.5, 0.6) is 0 Å². The molecule has 1 saturated heterocycles. The Balaban J connectivity index is 2.33. The highest BCUT2D eigenvalue weighted by molar-refractivity contribution is 5.76. The normalized spacial score (nSPS) is 16.5. The van der Waals surface area contributed by atoms with E-state index in [1.807, 2.05) is 25.7 Å². The van der Waals surface area contributed by atoms with Crippen molar-refractivity contribution in [1.82, 2.24) is 9.80 Å². The molecule has 1 rings (SSSR count). The fourth-order valence-corrected chi connectivity index (χ4v) is 2.51. The van der Waals surface area contributed by atoms with Gasteiger partial charge in [0, 0.05) is 33.8 Å². The molecule has 0 unspecified atom stereocenters. The van der Waals surface area contributed by atoms with Crippen molar-refractivity contribution in [3.05, 3.63) is 0 Å². The molecule has 0 N–H and O–H groups in total. The lowest BCUT2D eigenvalue weighted by Gasteiger charge is -2.34. The number of piperidine rings is 1. The summed E-state index contributed by atoms with van der Waals surface area (Å²) >= 11 is 0. The minimum Gasteiger partial charge on any atom is -0.444 e. The van der Waals surface area contributed by atoms with Crippen LogP contribution in [0.1, 0.15) is 40.0 Å². The van der Waals surface area contributed by atoms with Gasteiger partial charge in [-0.05, 0) is 39.5 Å². The second-order valence-corrected chi connectivity index (χ2v) is 6.93. The average Bonchev–Trinajstić information content (AvgIpc) is 2.43. The largest absolute Gasteiger partial charge is 0.444 e. The first kappa shape index (κ1) is 18.7. The number of amides is 2. The first-order chi connectivity index (χ1) is 10.2. The SMILES string of the molecule is COCCC(=O)N1CCC(CN(C)C(=O)OC(C)(C)C)CC1. The fourth-order valence-electron chi connectivity index (χ4n) is 2.51. The Morgan fingerprint density at radius 2 is 1.82 bits per heavy atom. The molecule has 0 bridgehead atoms. The van der Waals surface area contributed by atoms with Crippen molar-refractivity contribution in [3.63, 3.8) is 0 Å². The van der Waals surface area contributed by atoms with E-state index in [2.05, 4.69) is 0 Å². The third kappa shape index (κ3) is 6.64. The van der Waals surface area contributed by atoms with Gasteiger partial charge in [-0.15, -0.1) is 0 Å². The van der Waals surface area contributed by atoms with Crippen molar-refractivity contribution in [1.29, 1.82) is 0 Å². The van der Waals surface area contributed by atoms with E-state index < -0.39 is 5.60 Å². The third-order valence-electron chi connectivity index (χ3n) is 3.72. The summed E-state index contributed by atoms with van der Waals surface area (Å²) in [6.45, 7) is 8.26. The maximum Gasteiger partial charge on any atom is 0.410 e. The minimum absolute atomic E-state index is 0.154. The number of methoxy groups -OCH3 is 1. The molecule has 22 heavy (non-hydrogen) atoms. The molecule has 6 nitrogen and oxygen atoms in total. The third-order valence-corrected chi connectivity index (χ3v) is 3.72. The summed E-state index contributed by atoms with van der Waals surface area (Å²) in [6, 6.07) is 0. The number of hydrogen-bond donors (Lipinski definition) is 0. The van der Waals surface area contributed by atoms with Crippen LogP contribution in [-0.2, 0) is 14.3 Å². The van der Waals surface area contributed by atoms with Crippen LogP contribution < -0.4 is 0 Å². The van der Waals surface area contributed by atoms with Crippen LogP contribution in [0.25, 0.3) is 0 Å². The maximum atomic E-state index is 11.9. The number of rotatable bonds is 5. The van der Waals surface area contributed by atoms with Gasteiger partial charge in [-0.2, -0.15) is 0 Å². The summed E-state index contributed by atoms with van der Waals surface area (Å²) < 4.78 is 10.3. The fraction of sp³-hybridized carbons (Fsp3) is 0.875. The van der Waals surface area contributed by atoms with Crippen LogP contribution in [0, 0.1) is 5.92 Å². The molecule has 0 saturated carbocycles. The Bertz CT molecular complexity index is 371. The van der Waals surface area contributed by atoms with Gasteiger partial charge in [-0.3, -0.25) is 4.79 Å². The zero-order chi connectivity index (χ0) is 16.8. The Labute approximate surface area is 133 Å². The number of nitrogens with zero attached hydrogens (tertiary/aromatic N) is 2. The van der Waals surface area contributed by atoms with E-state index in [4.69, 9.17) is 9.47 Å². The molecule has 6 heteroatoms. The van der Waals surface area contributed by atoms with Gasteiger partial charge in [0.15, 0.2) is 0 Å². The van der Waals surface area contributed by atoms with E-state index in [9.17, 15) is 9.59 Å². The van der Waals surface area contributed by atoms with Crippen LogP contribution in [0.2, 0.25) is 0 Å². The van der Waals surface area contributed by atoms with Crippen molar-refractivity contribution in [2.45, 2.75) is 45.6 Å². The monoisotopic (exact) mass is 314 g/mol. The lowest BCUT2D eigenvalue weighted by atomic mass is 9.96. The van der Waals surface area contributed by atoms with Crippen LogP contribution in [0.3, 0.4) is 0 Å². The van der Waals surface area contributed by atoms with E-state index in [1.54, 1.807) is 19.1 Å². The molecule has 1 aliphatic heterocycles. The number of hydrogen-bond acceptors (Lipinski definition) is 4. The van der Waals surface area contributed by atoms with Crippen LogP contribution in [-0.4, -0.2) is 67.8 Å². The number of carbonyl (C=O) groups is 2. The molecule has 0 radical (unpaired) electrons. The summed E-state index contributed by atoms with van der Waals surface area (Å²) in [5.41, 5.74) is -0.470. The van der Waals surface area contributed by atoms with Crippen LogP contribution in [0.4, 0.5) is 4.79 Å². The molecule has 0 aliphatic carbocycles. The molecule has 0 aromatic heterocycles. The maximum absolute atomic E-state index is 11.9. The number of carbonyl (C=O) groups excluding carboxylic acids is 2. The van der Waals surface area contributed by atoms with Gasteiger partial charge in [0.05, 0.1) is 13.0 Å². The highest BCUT2D eigenvalue weighted by Crippen LogP contribution is 2.19. The van der Waals surface area contributed by atoms with Gasteiger partial charge in [0.2, 0.25) is 5.91 Å². The van der Waals surface area contributed by atoms with Gasteiger partial charge in [0.25, 0.3) is 0 Å². The number of ether oxygens (including phenoxy) is 2. The van der Waals surface area contributed by atoms with E-state index in [-0.39, 0.29) is 12.0 Å². The molecule has 0 aromatic rings. The van der Waals surface area contributed by atoms with Crippen molar-refractivity contribution in [2.24, 2.45) is 5.92 Å². The van der Waals surface area contributed by atoms with Crippen molar-refractivity contribution in [2.75, 3.05) is 40.4 Å². The smallest absolute Gasteiger partial charge is 0.410 e. The Morgan fingerprint density at radius 1 is 1.23 bits per heavy atom. The summed E-state index contributed by atoms with van der Waals surface area (Å²) in [7, 11) is 3.37. The predicted molar refractivity (Wildman–Crippen MR) is 84.7 cm³/mol. The minimum atomic E-state index is -0.470. The summed E-state index contributed by atoms with van der Waals surface area (Å²) in [4.78, 5) is 27.4. The van der Waals surface area contributed by atoms with Gasteiger partial charge >= 0.3 is 6.09 Å². The molecule has 1 aliphatic rings. The molecule has 2 amide bonds. The standard InChI is InChI=1S/C16H30N2O4/c1-16(2,3)22-15(20)17(4)12-13-6-9-18(10-7-13)14(19)8-11-21-5/h13H,6-12H2,1-5H3. The second kappa shape index (κ2) is 8.36. The Kier molecular flexibility index (Phi) is 7.13. The highest BCUT2D eigenvalue weighted by atomic mass is 16.6. The Hall–Kier alpha value is -1.30. The Morgan fingerprint density at radius 3 is 2.32 bits per heavy atom. The predicted octanol–water partition coefficient (Wildman–Crippen LogP) is 2.13. The molecular formula is C16H30N2O4. The van der Waals surface area contributed by atoms with Gasteiger partial charge < -0.3 is 19.3 Å². The van der Waals surface area contributed by atoms with E-state index >= 15 is 0 Å². The van der Waals surface area contributed by atoms with Crippen molar-refractivity contribution >= 4 is 12.0 Å². The molecule has 0 atom stereocenters. The molecule has 1 fully saturated rings. The second-order valence-electron chi connectivity index (χ2n) is 6.93. The zero-order valence-corrected chi connectivity index (χ0v) is 14.6. The first-order valence-electron chi connectivity index (χ1n) is 7.93. The zero-order valence-electron chi connectivity index (χ0n) is 14.6. The summed E-state index contributed by atoms with van der Waals surface area (Å²) in [5.74, 6) is 0.574. The van der Waals surface area contributed by atoms with Gasteiger partial charge in [-0.25, -0.2) is 4.79 Å². The lowest BCUT2D eigenvalue weighted by Crippen LogP contribution is -2.43. The molecular weight excluding hydrogens is 284 g/mol. The summed E-state index contributed by atoms with van der Waals surface area (Å²) in [6.07, 6.45) is 2.00. The van der Waals surface area contributed by atoms with E-state index in [0.29, 0.717) is 25.5 Å². The topological polar surface area (TPSA) is 59.1 Å². The highest BCUT2D eigenvalue weighted by Gasteiger charge is 2.26. The van der Waals surface area contributed by atoms with Gasteiger partial charge in [0.1, 0.15) is 5.60 Å². The molecule has 0 aromatic carbocycles. The quantitative estimate of drug-likeness (QED) is 0.780. The first-order valence-corrected chi connectivity index (χ1v) is 7.93. The molecule has 0 spiro atoms. The van der Waals surface area contributed by atoms with Crippen molar-refractivity contribution < 1.29 is 19.1 Å². The molecule has 1 heterocycles. The van der Waals surface area contributed by atoms with E-state index in [0.717, 1.165) is 25.9 Å². The van der Waals surface area contributed by atoms with Crippen LogP contribution in [0.15, 0.2) is 0 Å². The average molecular weight is 314 g/mol. The lowest BCUT2D eigenvalue weighted by molar-refractivity contribution is -0.133.